The molecular weight excluding hydrogens is 453 g/mol. The van der Waals surface area contributed by atoms with Crippen molar-refractivity contribution in [3.8, 4) is 11.3 Å². The normalized spacial score (nSPS) is 13.5. The third-order valence-corrected chi connectivity index (χ3v) is 5.89. The lowest BCUT2D eigenvalue weighted by Crippen LogP contribution is -2.43. The first kappa shape index (κ1) is 26.5. The second-order valence-corrected chi connectivity index (χ2v) is 9.94. The molecule has 3 rings (SSSR count). The molecule has 3 aromatic rings. The first-order chi connectivity index (χ1) is 16.5. The fourth-order valence-electron chi connectivity index (χ4n) is 4.24. The van der Waals surface area contributed by atoms with E-state index in [4.69, 9.17) is 10.7 Å². The Morgan fingerprint density at radius 3 is 2.34 bits per heavy atom. The minimum absolute atomic E-state index is 0.191. The van der Waals surface area contributed by atoms with E-state index in [2.05, 4.69) is 0 Å². The monoisotopic (exact) mass is 486 g/mol. The van der Waals surface area contributed by atoms with Gasteiger partial charge in [-0.2, -0.15) is 0 Å². The van der Waals surface area contributed by atoms with Crippen molar-refractivity contribution in [1.82, 2.24) is 14.5 Å². The number of hydrogen-bond donors (Lipinski definition) is 1. The second-order valence-electron chi connectivity index (χ2n) is 9.94. The predicted octanol–water partition coefficient (Wildman–Crippen LogP) is 5.50. The molecule has 0 aliphatic rings. The number of rotatable bonds is 9. The van der Waals surface area contributed by atoms with Crippen LogP contribution >= 0.6 is 0 Å². The number of aromatic nitrogens is 2. The molecule has 0 aliphatic carbocycles. The van der Waals surface area contributed by atoms with E-state index >= 15 is 0 Å². The van der Waals surface area contributed by atoms with Crippen molar-refractivity contribution in [3.63, 3.8) is 0 Å². The number of benzene rings is 2. The molecule has 2 atom stereocenters. The molecule has 0 saturated carbocycles. The van der Waals surface area contributed by atoms with E-state index in [1.54, 1.807) is 29.3 Å². The van der Waals surface area contributed by atoms with Crippen LogP contribution in [0.3, 0.4) is 0 Å². The van der Waals surface area contributed by atoms with Crippen LogP contribution < -0.4 is 5.73 Å². The summed E-state index contributed by atoms with van der Waals surface area (Å²) in [4.78, 5) is 19.3. The summed E-state index contributed by atoms with van der Waals surface area (Å²) in [5.41, 5.74) is 7.19. The summed E-state index contributed by atoms with van der Waals surface area (Å²) in [6.07, 6.45) is 2.09. The maximum Gasteiger partial charge on any atom is 0.220 e. The maximum absolute atomic E-state index is 14.0. The molecule has 2 N–H and O–H groups in total. The van der Waals surface area contributed by atoms with Gasteiger partial charge in [-0.25, -0.2) is 18.2 Å². The van der Waals surface area contributed by atoms with Gasteiger partial charge in [0, 0.05) is 37.8 Å². The average Bonchev–Trinajstić information content (AvgIpc) is 3.18. The second kappa shape index (κ2) is 11.1. The predicted molar refractivity (Wildman–Crippen MR) is 131 cm³/mol. The van der Waals surface area contributed by atoms with Crippen LogP contribution in [0.2, 0.25) is 0 Å². The van der Waals surface area contributed by atoms with Crippen molar-refractivity contribution >= 4 is 5.91 Å². The lowest BCUT2D eigenvalue weighted by Gasteiger charge is -2.40. The Labute approximate surface area is 204 Å². The number of hydrogen-bond acceptors (Lipinski definition) is 3. The van der Waals surface area contributed by atoms with Gasteiger partial charge in [0.05, 0.1) is 11.7 Å². The highest BCUT2D eigenvalue weighted by atomic mass is 19.1. The largest absolute Gasteiger partial charge is 0.332 e. The van der Waals surface area contributed by atoms with E-state index in [0.29, 0.717) is 30.0 Å². The fraction of sp³-hybridized carbons (Fsp3) is 0.407. The molecule has 1 aromatic heterocycles. The molecule has 188 valence electrons. The van der Waals surface area contributed by atoms with Crippen LogP contribution in [0.15, 0.2) is 54.7 Å². The summed E-state index contributed by atoms with van der Waals surface area (Å²) in [5.74, 6) is -0.359. The van der Waals surface area contributed by atoms with E-state index in [0.717, 1.165) is 5.56 Å². The number of carbonyl (C=O) groups excluding carboxylic acids is 1. The van der Waals surface area contributed by atoms with Gasteiger partial charge in [-0.1, -0.05) is 45.0 Å². The van der Waals surface area contributed by atoms with Crippen LogP contribution in [-0.2, 0) is 11.3 Å². The van der Waals surface area contributed by atoms with Crippen molar-refractivity contribution in [3.05, 3.63) is 77.8 Å². The third kappa shape index (κ3) is 6.72. The Morgan fingerprint density at radius 2 is 1.77 bits per heavy atom. The standard InChI is InChI=1S/C27H33F3N4O/c1-18(35)34(12-11-23(31)15-28)25(27(2,3)4)26-32-24(20-8-6-10-22(30)14-20)17-33(26)16-19-7-5-9-21(29)13-19/h5-10,13-14,17,23,25H,11-12,15-16,31H2,1-4H3/t23-,25+/m1/s1. The van der Waals surface area contributed by atoms with Gasteiger partial charge in [-0.05, 0) is 41.7 Å². The van der Waals surface area contributed by atoms with Crippen molar-refractivity contribution < 1.29 is 18.0 Å². The number of amides is 1. The van der Waals surface area contributed by atoms with Gasteiger partial charge in [0.1, 0.15) is 24.1 Å². The lowest BCUT2D eigenvalue weighted by atomic mass is 9.84. The minimum Gasteiger partial charge on any atom is -0.332 e. The summed E-state index contributed by atoms with van der Waals surface area (Å²) in [7, 11) is 0. The zero-order valence-electron chi connectivity index (χ0n) is 20.6. The van der Waals surface area contributed by atoms with E-state index in [-0.39, 0.29) is 24.1 Å². The lowest BCUT2D eigenvalue weighted by molar-refractivity contribution is -0.134. The van der Waals surface area contributed by atoms with Gasteiger partial charge in [-0.3, -0.25) is 4.79 Å². The Morgan fingerprint density at radius 1 is 1.11 bits per heavy atom. The molecule has 0 bridgehead atoms. The Bertz CT molecular complexity index is 1160. The van der Waals surface area contributed by atoms with E-state index in [1.807, 2.05) is 31.4 Å². The highest BCUT2D eigenvalue weighted by molar-refractivity contribution is 5.74. The van der Waals surface area contributed by atoms with Gasteiger partial charge in [0.2, 0.25) is 5.91 Å². The van der Waals surface area contributed by atoms with Crippen LogP contribution in [0.1, 0.15) is 51.5 Å². The van der Waals surface area contributed by atoms with Gasteiger partial charge < -0.3 is 15.2 Å². The molecule has 0 aliphatic heterocycles. The number of nitrogens with two attached hydrogens (primary N) is 1. The van der Waals surface area contributed by atoms with E-state index in [9.17, 15) is 18.0 Å². The number of carbonyl (C=O) groups is 1. The number of halogens is 3. The Hall–Kier alpha value is -3.13. The summed E-state index contributed by atoms with van der Waals surface area (Å²) in [6.45, 7) is 7.32. The SMILES string of the molecule is CC(=O)N(CC[C@@H](N)CF)[C@@H](c1nc(-c2cccc(F)c2)cn1Cc1cccc(F)c1)C(C)(C)C. The molecule has 1 amide bonds. The van der Waals surface area contributed by atoms with Gasteiger partial charge in [0.25, 0.3) is 0 Å². The van der Waals surface area contributed by atoms with Crippen LogP contribution in [0.25, 0.3) is 11.3 Å². The van der Waals surface area contributed by atoms with Crippen LogP contribution in [0, 0.1) is 17.0 Å². The van der Waals surface area contributed by atoms with Crippen molar-refractivity contribution in [2.75, 3.05) is 13.2 Å². The van der Waals surface area contributed by atoms with Gasteiger partial charge in [0.15, 0.2) is 0 Å². The Balaban J connectivity index is 2.14. The molecule has 8 heteroatoms. The van der Waals surface area contributed by atoms with Crippen LogP contribution in [0.5, 0.6) is 0 Å². The number of nitrogens with zero attached hydrogens (tertiary/aromatic N) is 3. The third-order valence-electron chi connectivity index (χ3n) is 5.89. The highest BCUT2D eigenvalue weighted by Crippen LogP contribution is 2.39. The molecule has 0 saturated heterocycles. The fourth-order valence-corrected chi connectivity index (χ4v) is 4.24. The number of imidazole rings is 1. The van der Waals surface area contributed by atoms with Gasteiger partial charge in [-0.15, -0.1) is 0 Å². The van der Waals surface area contributed by atoms with Crippen molar-refractivity contribution in [2.24, 2.45) is 11.1 Å². The molecule has 2 aromatic carbocycles. The molecule has 35 heavy (non-hydrogen) atoms. The maximum atomic E-state index is 14.0. The van der Waals surface area contributed by atoms with Crippen molar-refractivity contribution in [2.45, 2.75) is 52.7 Å². The van der Waals surface area contributed by atoms with Crippen LogP contribution in [0.4, 0.5) is 13.2 Å². The highest BCUT2D eigenvalue weighted by Gasteiger charge is 2.37. The summed E-state index contributed by atoms with van der Waals surface area (Å²) >= 11 is 0. The molecule has 5 nitrogen and oxygen atoms in total. The Kier molecular flexibility index (Phi) is 8.38. The summed E-state index contributed by atoms with van der Waals surface area (Å²) in [5, 5.41) is 0. The van der Waals surface area contributed by atoms with Crippen molar-refractivity contribution in [1.29, 1.82) is 0 Å². The minimum atomic E-state index is -0.677. The van der Waals surface area contributed by atoms with E-state index < -0.39 is 24.2 Å². The molecule has 0 spiro atoms. The first-order valence-corrected chi connectivity index (χ1v) is 11.7. The van der Waals surface area contributed by atoms with Crippen LogP contribution in [-0.4, -0.2) is 39.6 Å². The summed E-state index contributed by atoms with van der Waals surface area (Å²) < 4.78 is 42.8. The quantitative estimate of drug-likeness (QED) is 0.434. The molecule has 0 unspecified atom stereocenters. The average molecular weight is 487 g/mol. The number of alkyl halides is 1. The molecular formula is C27H33F3N4O. The first-order valence-electron chi connectivity index (χ1n) is 11.7. The molecule has 0 radical (unpaired) electrons. The topological polar surface area (TPSA) is 64.2 Å². The molecule has 1 heterocycles. The molecule has 0 fully saturated rings. The smallest absolute Gasteiger partial charge is 0.220 e. The van der Waals surface area contributed by atoms with Gasteiger partial charge >= 0.3 is 0 Å². The zero-order chi connectivity index (χ0) is 25.8. The van der Waals surface area contributed by atoms with E-state index in [1.165, 1.54) is 31.2 Å². The zero-order valence-corrected chi connectivity index (χ0v) is 20.6. The summed E-state index contributed by atoms with van der Waals surface area (Å²) in [6, 6.07) is 11.2.